The molecule has 0 bridgehead atoms. The number of anilines is 2. The molecule has 5 nitrogen and oxygen atoms in total. The number of rotatable bonds is 2. The quantitative estimate of drug-likeness (QED) is 0.743. The van der Waals surface area contributed by atoms with Gasteiger partial charge in [-0.25, -0.2) is 4.98 Å². The molecule has 0 amide bonds. The van der Waals surface area contributed by atoms with Gasteiger partial charge in [-0.3, -0.25) is 4.98 Å². The molecular formula is C10H11N5. The first-order chi connectivity index (χ1) is 7.25. The summed E-state index contributed by atoms with van der Waals surface area (Å²) in [4.78, 5) is 12.0. The Balaban J connectivity index is 2.25. The van der Waals surface area contributed by atoms with Gasteiger partial charge in [0.05, 0.1) is 0 Å². The minimum atomic E-state index is 0.192. The fraction of sp³-hybridized carbons (Fsp3) is 0.100. The minimum Gasteiger partial charge on any atom is -0.383 e. The van der Waals surface area contributed by atoms with Crippen molar-refractivity contribution in [3.05, 3.63) is 41.9 Å². The molecule has 0 saturated carbocycles. The molecule has 0 spiro atoms. The smallest absolute Gasteiger partial charge is 0.221 e. The molecule has 0 aliphatic carbocycles. The summed E-state index contributed by atoms with van der Waals surface area (Å²) in [6.45, 7) is 0. The second-order valence-electron chi connectivity index (χ2n) is 3.14. The zero-order valence-electron chi connectivity index (χ0n) is 8.09. The second-order valence-corrected chi connectivity index (χ2v) is 3.14. The van der Waals surface area contributed by atoms with E-state index in [1.165, 1.54) is 0 Å². The molecular weight excluding hydrogens is 190 g/mol. The lowest BCUT2D eigenvalue weighted by molar-refractivity contribution is 1.04. The first-order valence-corrected chi connectivity index (χ1v) is 4.52. The van der Waals surface area contributed by atoms with Gasteiger partial charge in [0.2, 0.25) is 5.95 Å². The molecule has 2 aromatic rings. The highest BCUT2D eigenvalue weighted by Gasteiger charge is 2.03. The number of pyridine rings is 1. The van der Waals surface area contributed by atoms with Gasteiger partial charge >= 0.3 is 0 Å². The van der Waals surface area contributed by atoms with E-state index in [4.69, 9.17) is 11.5 Å². The standard InChI is InChI=1S/C10H11N5/c11-9-7(6-14-10(12)15-9)5-8-3-1-2-4-13-8/h1-4,6H,5H2,(H4,11,12,14,15). The summed E-state index contributed by atoms with van der Waals surface area (Å²) >= 11 is 0. The molecule has 15 heavy (non-hydrogen) atoms. The predicted octanol–water partition coefficient (Wildman–Crippen LogP) is 0.627. The van der Waals surface area contributed by atoms with Crippen LogP contribution in [0.25, 0.3) is 0 Å². The first kappa shape index (κ1) is 9.39. The topological polar surface area (TPSA) is 90.7 Å². The zero-order valence-corrected chi connectivity index (χ0v) is 8.09. The van der Waals surface area contributed by atoms with E-state index in [1.54, 1.807) is 12.4 Å². The monoisotopic (exact) mass is 201 g/mol. The molecule has 76 valence electrons. The molecule has 2 aromatic heterocycles. The summed E-state index contributed by atoms with van der Waals surface area (Å²) in [5.74, 6) is 0.602. The van der Waals surface area contributed by atoms with Crippen LogP contribution in [0.1, 0.15) is 11.3 Å². The minimum absolute atomic E-state index is 0.192. The molecule has 0 aliphatic rings. The van der Waals surface area contributed by atoms with E-state index >= 15 is 0 Å². The number of nitrogens with zero attached hydrogens (tertiary/aromatic N) is 3. The average molecular weight is 201 g/mol. The van der Waals surface area contributed by atoms with Crippen LogP contribution in [-0.2, 0) is 6.42 Å². The highest BCUT2D eigenvalue weighted by molar-refractivity contribution is 5.43. The van der Waals surface area contributed by atoms with E-state index in [1.807, 2.05) is 18.2 Å². The molecule has 5 heteroatoms. The number of hydrogen-bond donors (Lipinski definition) is 2. The lowest BCUT2D eigenvalue weighted by Gasteiger charge is -2.03. The maximum atomic E-state index is 5.71. The van der Waals surface area contributed by atoms with E-state index in [2.05, 4.69) is 15.0 Å². The summed E-state index contributed by atoms with van der Waals surface area (Å²) in [5, 5.41) is 0. The van der Waals surface area contributed by atoms with E-state index < -0.39 is 0 Å². The van der Waals surface area contributed by atoms with Crippen molar-refractivity contribution in [2.45, 2.75) is 6.42 Å². The van der Waals surface area contributed by atoms with Crippen LogP contribution in [-0.4, -0.2) is 15.0 Å². The Morgan fingerprint density at radius 3 is 2.67 bits per heavy atom. The second kappa shape index (κ2) is 3.91. The van der Waals surface area contributed by atoms with Gasteiger partial charge in [0.15, 0.2) is 0 Å². The van der Waals surface area contributed by atoms with Crippen LogP contribution in [0.4, 0.5) is 11.8 Å². The van der Waals surface area contributed by atoms with Gasteiger partial charge in [-0.1, -0.05) is 6.07 Å². The van der Waals surface area contributed by atoms with Crippen LogP contribution in [0.3, 0.4) is 0 Å². The maximum absolute atomic E-state index is 5.71. The van der Waals surface area contributed by atoms with Gasteiger partial charge in [0, 0.05) is 30.1 Å². The summed E-state index contributed by atoms with van der Waals surface area (Å²) in [7, 11) is 0. The summed E-state index contributed by atoms with van der Waals surface area (Å²) in [6.07, 6.45) is 3.99. The van der Waals surface area contributed by atoms with Crippen molar-refractivity contribution in [1.82, 2.24) is 15.0 Å². The fourth-order valence-corrected chi connectivity index (χ4v) is 1.27. The van der Waals surface area contributed by atoms with Crippen LogP contribution in [0.5, 0.6) is 0 Å². The largest absolute Gasteiger partial charge is 0.383 e. The molecule has 2 heterocycles. The third kappa shape index (κ3) is 2.19. The number of hydrogen-bond acceptors (Lipinski definition) is 5. The lowest BCUT2D eigenvalue weighted by atomic mass is 10.1. The molecule has 0 aliphatic heterocycles. The van der Waals surface area contributed by atoms with Crippen LogP contribution in [0.15, 0.2) is 30.6 Å². The Bertz CT molecular complexity index is 455. The first-order valence-electron chi connectivity index (χ1n) is 4.52. The van der Waals surface area contributed by atoms with E-state index in [0.29, 0.717) is 12.2 Å². The highest BCUT2D eigenvalue weighted by Crippen LogP contribution is 2.12. The van der Waals surface area contributed by atoms with Crippen molar-refractivity contribution in [2.75, 3.05) is 11.5 Å². The van der Waals surface area contributed by atoms with E-state index in [9.17, 15) is 0 Å². The Kier molecular flexibility index (Phi) is 2.45. The number of aromatic nitrogens is 3. The molecule has 0 radical (unpaired) electrons. The molecule has 0 atom stereocenters. The van der Waals surface area contributed by atoms with Crippen molar-refractivity contribution >= 4 is 11.8 Å². The summed E-state index contributed by atoms with van der Waals surface area (Å²) in [6, 6.07) is 5.72. The average Bonchev–Trinajstić information content (AvgIpc) is 2.24. The Morgan fingerprint density at radius 2 is 2.00 bits per heavy atom. The maximum Gasteiger partial charge on any atom is 0.221 e. The summed E-state index contributed by atoms with van der Waals surface area (Å²) in [5.41, 5.74) is 12.9. The number of nitrogen functional groups attached to an aromatic ring is 2. The van der Waals surface area contributed by atoms with Crippen molar-refractivity contribution in [3.63, 3.8) is 0 Å². The lowest BCUT2D eigenvalue weighted by Crippen LogP contribution is -2.04. The van der Waals surface area contributed by atoms with Crippen LogP contribution in [0, 0.1) is 0 Å². The zero-order chi connectivity index (χ0) is 10.7. The molecule has 0 saturated heterocycles. The van der Waals surface area contributed by atoms with E-state index in [0.717, 1.165) is 11.3 Å². The SMILES string of the molecule is Nc1ncc(Cc2ccccn2)c(N)n1. The Hall–Kier alpha value is -2.17. The van der Waals surface area contributed by atoms with Crippen molar-refractivity contribution < 1.29 is 0 Å². The molecule has 0 aromatic carbocycles. The van der Waals surface area contributed by atoms with Crippen molar-refractivity contribution in [1.29, 1.82) is 0 Å². The number of nitrogens with two attached hydrogens (primary N) is 2. The van der Waals surface area contributed by atoms with Crippen LogP contribution in [0.2, 0.25) is 0 Å². The van der Waals surface area contributed by atoms with Gasteiger partial charge in [-0.15, -0.1) is 0 Å². The third-order valence-corrected chi connectivity index (χ3v) is 2.01. The summed E-state index contributed by atoms with van der Waals surface area (Å²) < 4.78 is 0. The fourth-order valence-electron chi connectivity index (χ4n) is 1.27. The van der Waals surface area contributed by atoms with Crippen molar-refractivity contribution in [2.24, 2.45) is 0 Å². The van der Waals surface area contributed by atoms with Gasteiger partial charge in [-0.2, -0.15) is 4.98 Å². The van der Waals surface area contributed by atoms with Gasteiger partial charge in [-0.05, 0) is 12.1 Å². The molecule has 2 rings (SSSR count). The molecule has 4 N–H and O–H groups in total. The van der Waals surface area contributed by atoms with Crippen molar-refractivity contribution in [3.8, 4) is 0 Å². The third-order valence-electron chi connectivity index (χ3n) is 2.01. The Morgan fingerprint density at radius 1 is 1.13 bits per heavy atom. The van der Waals surface area contributed by atoms with Gasteiger partial charge in [0.25, 0.3) is 0 Å². The highest BCUT2D eigenvalue weighted by atomic mass is 15.0. The van der Waals surface area contributed by atoms with Gasteiger partial charge in [0.1, 0.15) is 5.82 Å². The van der Waals surface area contributed by atoms with Gasteiger partial charge < -0.3 is 11.5 Å². The van der Waals surface area contributed by atoms with E-state index in [-0.39, 0.29) is 5.95 Å². The molecule has 0 unspecified atom stereocenters. The molecule has 0 fully saturated rings. The Labute approximate surface area is 87.2 Å². The normalized spacial score (nSPS) is 10.1. The predicted molar refractivity (Wildman–Crippen MR) is 57.9 cm³/mol. The van der Waals surface area contributed by atoms with Crippen LogP contribution >= 0.6 is 0 Å². The van der Waals surface area contributed by atoms with Crippen LogP contribution < -0.4 is 11.5 Å².